The van der Waals surface area contributed by atoms with Crippen LogP contribution in [0.15, 0.2) is 30.6 Å². The van der Waals surface area contributed by atoms with Gasteiger partial charge >= 0.3 is 0 Å². The van der Waals surface area contributed by atoms with Crippen molar-refractivity contribution in [2.24, 2.45) is 11.8 Å². The number of aromatic nitrogens is 2. The van der Waals surface area contributed by atoms with Crippen LogP contribution in [0.3, 0.4) is 0 Å². The highest BCUT2D eigenvalue weighted by atomic mass is 35.5. The zero-order valence-corrected chi connectivity index (χ0v) is 25.0. The van der Waals surface area contributed by atoms with Crippen LogP contribution in [0.5, 0.6) is 5.75 Å². The maximum Gasteiger partial charge on any atom is 0.264 e. The van der Waals surface area contributed by atoms with E-state index in [1.807, 2.05) is 0 Å². The van der Waals surface area contributed by atoms with Crippen molar-refractivity contribution in [3.8, 4) is 5.75 Å². The Morgan fingerprint density at radius 3 is 2.50 bits per heavy atom. The van der Waals surface area contributed by atoms with E-state index in [4.69, 9.17) is 20.9 Å². The molecule has 3 heterocycles. The summed E-state index contributed by atoms with van der Waals surface area (Å²) in [7, 11) is -4.04. The summed E-state index contributed by atoms with van der Waals surface area (Å²) in [5.74, 6) is 0.393. The number of benzene rings is 1. The van der Waals surface area contributed by atoms with Gasteiger partial charge in [0.25, 0.3) is 10.1 Å². The maximum absolute atomic E-state index is 14.7. The highest BCUT2D eigenvalue weighted by molar-refractivity contribution is 7.85. The normalized spacial score (nSPS) is 16.3. The van der Waals surface area contributed by atoms with E-state index in [9.17, 15) is 22.4 Å². The zero-order chi connectivity index (χ0) is 30.1. The maximum atomic E-state index is 14.7. The molecule has 4 rings (SSSR count). The lowest BCUT2D eigenvalue weighted by atomic mass is 9.92. The summed E-state index contributed by atoms with van der Waals surface area (Å²) in [6.45, 7) is 3.25. The van der Waals surface area contributed by atoms with Crippen LogP contribution in [-0.2, 0) is 26.1 Å². The van der Waals surface area contributed by atoms with Gasteiger partial charge in [-0.25, -0.2) is 14.4 Å². The van der Waals surface area contributed by atoms with Gasteiger partial charge in [0.2, 0.25) is 17.8 Å². The van der Waals surface area contributed by atoms with Gasteiger partial charge in [0, 0.05) is 51.1 Å². The first-order valence-corrected chi connectivity index (χ1v) is 16.2. The summed E-state index contributed by atoms with van der Waals surface area (Å²) >= 11 is 5.87. The number of ether oxygens (including phenoxy) is 1. The van der Waals surface area contributed by atoms with Crippen molar-refractivity contribution in [3.63, 3.8) is 0 Å². The predicted octanol–water partition coefficient (Wildman–Crippen LogP) is 3.13. The van der Waals surface area contributed by atoms with Crippen LogP contribution in [0.25, 0.3) is 0 Å². The van der Waals surface area contributed by atoms with Gasteiger partial charge in [0.05, 0.1) is 36.2 Å². The van der Waals surface area contributed by atoms with Crippen LogP contribution < -0.4 is 15.0 Å². The number of carbonyl (C=O) groups is 2. The Morgan fingerprint density at radius 2 is 1.83 bits per heavy atom. The van der Waals surface area contributed by atoms with E-state index in [0.29, 0.717) is 47.9 Å². The number of amides is 2. The first kappa shape index (κ1) is 31.9. The lowest BCUT2D eigenvalue weighted by Crippen LogP contribution is -2.51. The van der Waals surface area contributed by atoms with Gasteiger partial charge in [-0.3, -0.25) is 14.1 Å². The molecule has 0 unspecified atom stereocenters. The van der Waals surface area contributed by atoms with Crippen LogP contribution in [0.1, 0.15) is 44.1 Å². The monoisotopic (exact) mass is 625 g/mol. The number of hydrogen-bond acceptors (Lipinski definition) is 8. The number of rotatable bonds is 14. The fourth-order valence-corrected chi connectivity index (χ4v) is 5.81. The summed E-state index contributed by atoms with van der Waals surface area (Å²) in [5, 5.41) is 3.13. The van der Waals surface area contributed by atoms with E-state index in [1.165, 1.54) is 6.07 Å². The lowest BCUT2D eigenvalue weighted by molar-refractivity contribution is -0.139. The third kappa shape index (κ3) is 10.1. The Morgan fingerprint density at radius 1 is 1.12 bits per heavy atom. The second kappa shape index (κ2) is 14.9. The minimum absolute atomic E-state index is 0.00110. The molecule has 0 bridgehead atoms. The van der Waals surface area contributed by atoms with Gasteiger partial charge in [-0.1, -0.05) is 17.7 Å². The standard InChI is InChI=1S/C28H37ClFN5O6S/c29-23-16-32-28(33-17-23)34-9-6-20(7-10-34)3-1-11-41-24-5-4-22(25(30)15-24)14-27(37)35-18-21(19-35)13-26(36)31-8-2-12-42(38,39)40/h4-5,15-17,20-21H,1-3,6-14,18-19H2,(H,31,36)(H,38,39,40). The topological polar surface area (TPSA) is 142 Å². The third-order valence-corrected chi connectivity index (χ3v) is 8.58. The van der Waals surface area contributed by atoms with Crippen molar-refractivity contribution < 1.29 is 31.7 Å². The SMILES string of the molecule is O=C(CC1CN(C(=O)Cc2ccc(OCCCC3CCN(c4ncc(Cl)cn4)CC3)cc2F)C1)NCCCS(=O)(=O)O. The number of anilines is 1. The van der Waals surface area contributed by atoms with Gasteiger partial charge in [0.15, 0.2) is 0 Å². The zero-order valence-electron chi connectivity index (χ0n) is 23.4. The molecule has 0 radical (unpaired) electrons. The summed E-state index contributed by atoms with van der Waals surface area (Å²) in [6.07, 6.45) is 7.48. The lowest BCUT2D eigenvalue weighted by Gasteiger charge is -2.39. The van der Waals surface area contributed by atoms with Crippen molar-refractivity contribution in [2.45, 2.75) is 44.9 Å². The summed E-state index contributed by atoms with van der Waals surface area (Å²) < 4.78 is 50.5. The fraction of sp³-hybridized carbons (Fsp3) is 0.571. The van der Waals surface area contributed by atoms with Crippen LogP contribution in [0.4, 0.5) is 10.3 Å². The van der Waals surface area contributed by atoms with Crippen LogP contribution in [0, 0.1) is 17.7 Å². The number of hydrogen-bond donors (Lipinski definition) is 2. The number of likely N-dealkylation sites (tertiary alicyclic amines) is 1. The average Bonchev–Trinajstić information content (AvgIpc) is 2.92. The molecule has 0 saturated carbocycles. The fourth-order valence-electron chi connectivity index (χ4n) is 5.21. The van der Waals surface area contributed by atoms with Gasteiger partial charge < -0.3 is 19.9 Å². The van der Waals surface area contributed by atoms with Gasteiger partial charge in [-0.15, -0.1) is 0 Å². The van der Waals surface area contributed by atoms with Crippen LogP contribution >= 0.6 is 11.6 Å². The number of nitrogens with one attached hydrogen (secondary N) is 1. The van der Waals surface area contributed by atoms with E-state index < -0.39 is 21.7 Å². The van der Waals surface area contributed by atoms with Crippen LogP contribution in [0.2, 0.25) is 5.02 Å². The number of halogens is 2. The molecular weight excluding hydrogens is 589 g/mol. The molecule has 230 valence electrons. The molecule has 0 atom stereocenters. The molecule has 2 aliphatic heterocycles. The molecule has 2 aliphatic rings. The first-order chi connectivity index (χ1) is 20.1. The molecule has 0 spiro atoms. The van der Waals surface area contributed by atoms with Gasteiger partial charge in [-0.2, -0.15) is 8.42 Å². The molecule has 2 N–H and O–H groups in total. The Kier molecular flexibility index (Phi) is 11.3. The van der Waals surface area contributed by atoms with Crippen molar-refractivity contribution in [1.29, 1.82) is 0 Å². The highest BCUT2D eigenvalue weighted by Gasteiger charge is 2.32. The molecule has 2 amide bonds. The highest BCUT2D eigenvalue weighted by Crippen LogP contribution is 2.26. The van der Waals surface area contributed by atoms with Crippen LogP contribution in [-0.4, -0.2) is 84.7 Å². The molecule has 0 aliphatic carbocycles. The Hall–Kier alpha value is -3.03. The molecule has 42 heavy (non-hydrogen) atoms. The molecule has 2 saturated heterocycles. The van der Waals surface area contributed by atoms with Crippen molar-refractivity contribution in [2.75, 3.05) is 50.0 Å². The molecule has 14 heteroatoms. The molecule has 1 aromatic carbocycles. The smallest absolute Gasteiger partial charge is 0.264 e. The molecule has 2 fully saturated rings. The first-order valence-electron chi connectivity index (χ1n) is 14.2. The predicted molar refractivity (Wildman–Crippen MR) is 156 cm³/mol. The number of piperidine rings is 1. The van der Waals surface area contributed by atoms with Crippen molar-refractivity contribution in [3.05, 3.63) is 47.0 Å². The van der Waals surface area contributed by atoms with E-state index in [2.05, 4.69) is 20.2 Å². The second-order valence-corrected chi connectivity index (χ2v) is 12.9. The average molecular weight is 626 g/mol. The Balaban J connectivity index is 1.08. The van der Waals surface area contributed by atoms with E-state index in [0.717, 1.165) is 38.8 Å². The Labute approximate surface area is 250 Å². The molecular formula is C28H37ClFN5O6S. The van der Waals surface area contributed by atoms with E-state index in [1.54, 1.807) is 29.4 Å². The van der Waals surface area contributed by atoms with Crippen molar-refractivity contribution in [1.82, 2.24) is 20.2 Å². The Bertz CT molecular complexity index is 1320. The molecule has 11 nitrogen and oxygen atoms in total. The van der Waals surface area contributed by atoms with Crippen molar-refractivity contribution >= 4 is 39.5 Å². The minimum atomic E-state index is -4.04. The summed E-state index contributed by atoms with van der Waals surface area (Å²) in [6, 6.07) is 4.58. The van der Waals surface area contributed by atoms with E-state index in [-0.39, 0.29) is 43.5 Å². The second-order valence-electron chi connectivity index (χ2n) is 10.9. The minimum Gasteiger partial charge on any atom is -0.493 e. The quantitative estimate of drug-likeness (QED) is 0.239. The molecule has 2 aromatic rings. The number of carbonyl (C=O) groups excluding carboxylic acids is 2. The summed E-state index contributed by atoms with van der Waals surface area (Å²) in [5.41, 5.74) is 0.295. The number of nitrogens with zero attached hydrogens (tertiary/aromatic N) is 4. The van der Waals surface area contributed by atoms with E-state index >= 15 is 0 Å². The largest absolute Gasteiger partial charge is 0.493 e. The summed E-state index contributed by atoms with van der Waals surface area (Å²) in [4.78, 5) is 36.9. The molecule has 1 aromatic heterocycles. The third-order valence-electron chi connectivity index (χ3n) is 7.58. The van der Waals surface area contributed by atoms with Gasteiger partial charge in [0.1, 0.15) is 11.6 Å². The van der Waals surface area contributed by atoms with Gasteiger partial charge in [-0.05, 0) is 49.7 Å².